The van der Waals surface area contributed by atoms with Crippen LogP contribution in [0.2, 0.25) is 5.02 Å². The van der Waals surface area contributed by atoms with Crippen molar-refractivity contribution in [2.75, 3.05) is 11.8 Å². The van der Waals surface area contributed by atoms with Crippen LogP contribution in [0.3, 0.4) is 0 Å². The van der Waals surface area contributed by atoms with Crippen molar-refractivity contribution < 1.29 is 18.5 Å². The van der Waals surface area contributed by atoms with E-state index in [1.54, 1.807) is 43.4 Å². The third-order valence-corrected chi connectivity index (χ3v) is 8.24. The number of nitrogens with one attached hydrogen (secondary N) is 1. The monoisotopic (exact) mass is 559 g/mol. The van der Waals surface area contributed by atoms with Gasteiger partial charge in [0.1, 0.15) is 23.6 Å². The minimum Gasteiger partial charge on any atom is -0.495 e. The molecule has 0 aliphatic rings. The second-order valence-corrected chi connectivity index (χ2v) is 11.3. The van der Waals surface area contributed by atoms with Gasteiger partial charge in [0, 0.05) is 17.5 Å². The van der Waals surface area contributed by atoms with E-state index in [-0.39, 0.29) is 28.4 Å². The molecule has 1 N–H and O–H groups in total. The first-order chi connectivity index (χ1) is 18.8. The van der Waals surface area contributed by atoms with Crippen LogP contribution in [0.4, 0.5) is 5.69 Å². The number of benzene rings is 4. The molecule has 0 fully saturated rings. The molecule has 0 bridgehead atoms. The minimum atomic E-state index is -3.00. The number of carbonyl (C=O) groups is 1. The lowest BCUT2D eigenvalue weighted by Gasteiger charge is -2.18. The van der Waals surface area contributed by atoms with Crippen molar-refractivity contribution in [2.24, 2.45) is 7.05 Å². The van der Waals surface area contributed by atoms with Crippen LogP contribution in [0.25, 0.3) is 10.8 Å². The molecule has 4 aromatic carbocycles. The van der Waals surface area contributed by atoms with Gasteiger partial charge in [-0.2, -0.15) is 5.10 Å². The topological polar surface area (TPSA) is 82.5 Å². The van der Waals surface area contributed by atoms with Gasteiger partial charge in [-0.15, -0.1) is 0 Å². The van der Waals surface area contributed by atoms with Crippen LogP contribution < -0.4 is 14.2 Å². The van der Waals surface area contributed by atoms with E-state index in [0.29, 0.717) is 16.5 Å². The summed E-state index contributed by atoms with van der Waals surface area (Å²) in [5, 5.41) is 6.53. The number of ether oxygens (including phenoxy) is 2. The first-order valence-electron chi connectivity index (χ1n) is 12.0. The maximum Gasteiger partial charge on any atom is 0.223 e. The molecule has 198 valence electrons. The largest absolute Gasteiger partial charge is 0.495 e. The third kappa shape index (κ3) is 5.34. The number of aryl methyl sites for hydroxylation is 1. The van der Waals surface area contributed by atoms with E-state index < -0.39 is 15.5 Å². The summed E-state index contributed by atoms with van der Waals surface area (Å²) in [6.07, 6.45) is 1.44. The summed E-state index contributed by atoms with van der Waals surface area (Å²) in [5.74, 6) is 4.09. The molecule has 0 radical (unpaired) electrons. The van der Waals surface area contributed by atoms with Crippen LogP contribution in [-0.4, -0.2) is 32.8 Å². The van der Waals surface area contributed by atoms with Crippen LogP contribution in [0.5, 0.6) is 11.6 Å². The Hall–Kier alpha value is -4.27. The fraction of sp³-hybridized carbons (Fsp3) is 0.100. The number of ketones is 1. The summed E-state index contributed by atoms with van der Waals surface area (Å²) < 4.78 is 29.4. The molecule has 0 aliphatic carbocycles. The predicted molar refractivity (Wildman–Crippen MR) is 157 cm³/mol. The number of fused-ring (bicyclic) bond motifs is 1. The highest BCUT2D eigenvalue weighted by atomic mass is 35.5. The highest BCUT2D eigenvalue weighted by Crippen LogP contribution is 2.38. The second kappa shape index (κ2) is 10.8. The maximum absolute atomic E-state index is 13.7. The molecule has 0 spiro atoms. The Morgan fingerprint density at radius 1 is 1.00 bits per heavy atom. The van der Waals surface area contributed by atoms with Gasteiger partial charge < -0.3 is 14.2 Å². The number of hydrogen-bond acceptors (Lipinski definition) is 5. The van der Waals surface area contributed by atoms with Crippen molar-refractivity contribution in [3.05, 3.63) is 113 Å². The zero-order valence-electron chi connectivity index (χ0n) is 21.4. The smallest absolute Gasteiger partial charge is 0.223 e. The molecule has 0 saturated heterocycles. The fourth-order valence-electron chi connectivity index (χ4n) is 4.24. The van der Waals surface area contributed by atoms with Crippen LogP contribution >= 0.6 is 11.6 Å². The molecule has 9 heteroatoms. The van der Waals surface area contributed by atoms with Gasteiger partial charge in [0.2, 0.25) is 11.7 Å². The summed E-state index contributed by atoms with van der Waals surface area (Å²) in [6.45, 7) is 0.244. The first-order valence-corrected chi connectivity index (χ1v) is 14.1. The second-order valence-electron chi connectivity index (χ2n) is 8.88. The average Bonchev–Trinajstić information content (AvgIpc) is 3.32. The normalized spacial score (nSPS) is 12.6. The van der Waals surface area contributed by atoms with Gasteiger partial charge in [-0.05, 0) is 52.5 Å². The Morgan fingerprint density at radius 3 is 2.46 bits per heavy atom. The Kier molecular flexibility index (Phi) is 7.32. The number of nitrogens with zero attached hydrogens (tertiary/aromatic N) is 2. The van der Waals surface area contributed by atoms with E-state index in [4.69, 9.17) is 21.1 Å². The zero-order chi connectivity index (χ0) is 27.6. The van der Waals surface area contributed by atoms with Gasteiger partial charge in [0.25, 0.3) is 0 Å². The molecule has 1 aromatic heterocycles. The number of anilines is 1. The Labute approximate surface area is 232 Å². The van der Waals surface area contributed by atoms with Gasteiger partial charge in [0.05, 0.1) is 28.0 Å². The molecule has 5 rings (SSSR count). The number of methoxy groups -OCH3 is 1. The van der Waals surface area contributed by atoms with Gasteiger partial charge in [-0.25, -0.2) is 8.89 Å². The number of aromatic nitrogens is 2. The van der Waals surface area contributed by atoms with E-state index >= 15 is 0 Å². The summed E-state index contributed by atoms with van der Waals surface area (Å²) >= 11 is 6.73. The van der Waals surface area contributed by atoms with Crippen LogP contribution in [-0.2, 0) is 23.4 Å². The fourth-order valence-corrected chi connectivity index (χ4v) is 5.83. The molecule has 1 heterocycles. The number of halogens is 1. The summed E-state index contributed by atoms with van der Waals surface area (Å²) in [7, 11) is 0.164. The zero-order valence-corrected chi connectivity index (χ0v) is 23.0. The quantitative estimate of drug-likeness (QED) is 0.173. The lowest BCUT2D eigenvalue weighted by molar-refractivity contribution is 0.103. The number of hydrogen-bond donors (Lipinski definition) is 1. The Balaban J connectivity index is 1.45. The number of carbonyl (C=O) groups excluding carboxylic acids is 1. The average molecular weight is 560 g/mol. The molecule has 5 aromatic rings. The highest BCUT2D eigenvalue weighted by molar-refractivity contribution is 8.01. The van der Waals surface area contributed by atoms with Crippen molar-refractivity contribution in [3.8, 4) is 11.6 Å². The van der Waals surface area contributed by atoms with Crippen LogP contribution in [0.1, 0.15) is 21.5 Å². The van der Waals surface area contributed by atoms with E-state index in [1.165, 1.54) is 18.0 Å². The molecule has 7 nitrogen and oxygen atoms in total. The molecular formula is C30H26ClN3O4S. The van der Waals surface area contributed by atoms with E-state index in [9.17, 15) is 9.00 Å². The molecule has 0 saturated carbocycles. The van der Waals surface area contributed by atoms with Crippen LogP contribution in [0, 0.1) is 0 Å². The first kappa shape index (κ1) is 26.3. The lowest BCUT2D eigenvalue weighted by atomic mass is 10.0. The van der Waals surface area contributed by atoms with Gasteiger partial charge in [-0.1, -0.05) is 66.2 Å². The van der Waals surface area contributed by atoms with E-state index in [0.717, 1.165) is 16.3 Å². The van der Waals surface area contributed by atoms with E-state index in [2.05, 4.69) is 21.8 Å². The summed E-state index contributed by atoms with van der Waals surface area (Å²) in [5.41, 5.74) is 1.58. The predicted octanol–water partition coefficient (Wildman–Crippen LogP) is 6.15. The van der Waals surface area contributed by atoms with Gasteiger partial charge >= 0.3 is 0 Å². The van der Waals surface area contributed by atoms with E-state index in [1.807, 2.05) is 42.5 Å². The van der Waals surface area contributed by atoms with Crippen molar-refractivity contribution in [1.82, 2.24) is 9.78 Å². The third-order valence-electron chi connectivity index (χ3n) is 6.28. The Bertz CT molecular complexity index is 1780. The molecule has 1 unspecified atom stereocenters. The molecule has 1 atom stereocenters. The minimum absolute atomic E-state index is 0.0518. The lowest BCUT2D eigenvalue weighted by Crippen LogP contribution is -2.15. The standard InChI is InChI=1S/C30H26ClN3O4S/c1-34-30(38-19-20-13-14-21-9-7-8-10-22(21)17-20)25(18-32-34)29(35)24-15-16-26(37-2)28(27(24)31)33-39(3,36)23-11-5-4-6-12-23/h4-18H,3,19H2,1-2H3,(H,33,36). The summed E-state index contributed by atoms with van der Waals surface area (Å²) in [4.78, 5) is 14.2. The van der Waals surface area contributed by atoms with Crippen molar-refractivity contribution in [1.29, 1.82) is 0 Å². The van der Waals surface area contributed by atoms with Crippen molar-refractivity contribution in [2.45, 2.75) is 11.5 Å². The van der Waals surface area contributed by atoms with Crippen molar-refractivity contribution >= 4 is 49.4 Å². The molecular weight excluding hydrogens is 534 g/mol. The number of rotatable bonds is 9. The summed E-state index contributed by atoms with van der Waals surface area (Å²) in [6, 6.07) is 26.0. The van der Waals surface area contributed by atoms with Crippen LogP contribution in [0.15, 0.2) is 96.0 Å². The van der Waals surface area contributed by atoms with Gasteiger partial charge in [-0.3, -0.25) is 4.79 Å². The van der Waals surface area contributed by atoms with Gasteiger partial charge in [0.15, 0.2) is 0 Å². The highest BCUT2D eigenvalue weighted by Gasteiger charge is 2.25. The Morgan fingerprint density at radius 2 is 1.72 bits per heavy atom. The maximum atomic E-state index is 13.7. The molecule has 0 amide bonds. The van der Waals surface area contributed by atoms with Crippen molar-refractivity contribution in [3.63, 3.8) is 0 Å². The SMILES string of the molecule is C=S(=O)(Nc1c(OC)ccc(C(=O)c2cnn(C)c2OCc2ccc3ccccc3c2)c1Cl)c1ccccc1. The molecule has 0 aliphatic heterocycles. The molecule has 39 heavy (non-hydrogen) atoms.